The van der Waals surface area contributed by atoms with E-state index in [2.05, 4.69) is 27.0 Å². The van der Waals surface area contributed by atoms with Gasteiger partial charge in [0.05, 0.1) is 6.54 Å². The quantitative estimate of drug-likeness (QED) is 0.792. The third-order valence-electron chi connectivity index (χ3n) is 5.71. The van der Waals surface area contributed by atoms with Crippen molar-refractivity contribution in [3.8, 4) is 0 Å². The second-order valence-electron chi connectivity index (χ2n) is 6.66. The van der Waals surface area contributed by atoms with Gasteiger partial charge in [-0.25, -0.2) is 4.68 Å². The summed E-state index contributed by atoms with van der Waals surface area (Å²) in [5.74, 6) is 1.71. The molecule has 0 bridgehead atoms. The van der Waals surface area contributed by atoms with Gasteiger partial charge in [-0.15, -0.1) is 6.58 Å². The van der Waals surface area contributed by atoms with Crippen molar-refractivity contribution in [2.75, 3.05) is 24.7 Å². The molecule has 0 amide bonds. The second-order valence-corrected chi connectivity index (χ2v) is 6.66. The number of fused-ring (bicyclic) bond motifs is 2. The molecule has 1 aromatic heterocycles. The van der Waals surface area contributed by atoms with Crippen molar-refractivity contribution in [3.05, 3.63) is 12.7 Å². The minimum Gasteiger partial charge on any atom is -0.381 e. The highest BCUT2D eigenvalue weighted by atomic mass is 16.5. The van der Waals surface area contributed by atoms with Crippen molar-refractivity contribution < 1.29 is 4.74 Å². The number of aromatic nitrogens is 4. The lowest BCUT2D eigenvalue weighted by molar-refractivity contribution is 0.00154. The van der Waals surface area contributed by atoms with E-state index in [9.17, 15) is 0 Å². The van der Waals surface area contributed by atoms with Crippen LogP contribution in [-0.2, 0) is 11.3 Å². The van der Waals surface area contributed by atoms with Crippen molar-refractivity contribution in [1.29, 1.82) is 0 Å². The molecule has 3 heterocycles. The van der Waals surface area contributed by atoms with Gasteiger partial charge in [0.2, 0.25) is 5.95 Å². The van der Waals surface area contributed by atoms with Gasteiger partial charge < -0.3 is 9.64 Å². The summed E-state index contributed by atoms with van der Waals surface area (Å²) in [5, 5.41) is 12.3. The molecule has 0 N–H and O–H groups in total. The first-order chi connectivity index (χ1) is 10.3. The highest BCUT2D eigenvalue weighted by Crippen LogP contribution is 2.54. The van der Waals surface area contributed by atoms with Crippen molar-refractivity contribution in [1.82, 2.24) is 20.2 Å². The van der Waals surface area contributed by atoms with E-state index in [4.69, 9.17) is 4.74 Å². The van der Waals surface area contributed by atoms with Crippen LogP contribution in [0.15, 0.2) is 12.7 Å². The molecule has 2 saturated heterocycles. The Labute approximate surface area is 125 Å². The Morgan fingerprint density at radius 3 is 3.00 bits per heavy atom. The van der Waals surface area contributed by atoms with Crippen LogP contribution in [0.4, 0.5) is 5.95 Å². The average Bonchev–Trinajstić information content (AvgIpc) is 3.19. The van der Waals surface area contributed by atoms with Crippen LogP contribution in [0.25, 0.3) is 0 Å². The number of hydrogen-bond acceptors (Lipinski definition) is 5. The van der Waals surface area contributed by atoms with Gasteiger partial charge in [0.1, 0.15) is 0 Å². The van der Waals surface area contributed by atoms with Gasteiger partial charge in [-0.1, -0.05) is 17.6 Å². The highest BCUT2D eigenvalue weighted by Gasteiger charge is 2.55. The summed E-state index contributed by atoms with van der Waals surface area (Å²) in [4.78, 5) is 2.48. The summed E-state index contributed by atoms with van der Waals surface area (Å²) in [6.07, 6.45) is 8.18. The van der Waals surface area contributed by atoms with E-state index in [1.54, 1.807) is 0 Å². The molecule has 6 heteroatoms. The topological polar surface area (TPSA) is 56.1 Å². The highest BCUT2D eigenvalue weighted by molar-refractivity contribution is 5.37. The van der Waals surface area contributed by atoms with Crippen molar-refractivity contribution >= 4 is 5.95 Å². The molecule has 1 saturated carbocycles. The third-order valence-corrected chi connectivity index (χ3v) is 5.71. The van der Waals surface area contributed by atoms with Crippen LogP contribution in [0, 0.1) is 11.3 Å². The molecule has 1 spiro atoms. The summed E-state index contributed by atoms with van der Waals surface area (Å²) >= 11 is 0. The lowest BCUT2D eigenvalue weighted by Gasteiger charge is -2.37. The normalized spacial score (nSPS) is 30.8. The SMILES string of the molecule is C=CCn1nnnc1N1CC2(CCOCC2)[C@@H]2CCC[C@@H]21. The van der Waals surface area contributed by atoms with E-state index in [1.165, 1.54) is 32.1 Å². The van der Waals surface area contributed by atoms with Crippen molar-refractivity contribution in [2.24, 2.45) is 11.3 Å². The molecule has 2 aliphatic heterocycles. The molecule has 0 radical (unpaired) electrons. The molecular weight excluding hydrogens is 266 g/mol. The number of ether oxygens (including phenoxy) is 1. The Kier molecular flexibility index (Phi) is 3.21. The van der Waals surface area contributed by atoms with Gasteiger partial charge in [0, 0.05) is 25.8 Å². The fourth-order valence-corrected chi connectivity index (χ4v) is 4.77. The van der Waals surface area contributed by atoms with E-state index in [1.807, 2.05) is 10.8 Å². The summed E-state index contributed by atoms with van der Waals surface area (Å²) in [6, 6.07) is 0.609. The van der Waals surface area contributed by atoms with Crippen LogP contribution in [-0.4, -0.2) is 46.0 Å². The molecule has 6 nitrogen and oxygen atoms in total. The summed E-state index contributed by atoms with van der Waals surface area (Å²) < 4.78 is 7.49. The maximum absolute atomic E-state index is 5.62. The zero-order chi connectivity index (χ0) is 14.3. The summed E-state index contributed by atoms with van der Waals surface area (Å²) in [6.45, 7) is 7.38. The number of hydrogen-bond donors (Lipinski definition) is 0. The Balaban J connectivity index is 1.66. The Bertz CT molecular complexity index is 522. The molecule has 114 valence electrons. The number of rotatable bonds is 3. The van der Waals surface area contributed by atoms with Crippen LogP contribution in [0.2, 0.25) is 0 Å². The Morgan fingerprint density at radius 2 is 2.19 bits per heavy atom. The summed E-state index contributed by atoms with van der Waals surface area (Å²) in [7, 11) is 0. The molecule has 3 aliphatic rings. The minimum atomic E-state index is 0.421. The lowest BCUT2D eigenvalue weighted by Crippen LogP contribution is -2.37. The fraction of sp³-hybridized carbons (Fsp3) is 0.800. The van der Waals surface area contributed by atoms with Gasteiger partial charge in [-0.3, -0.25) is 0 Å². The first-order valence-corrected chi connectivity index (χ1v) is 8.05. The molecule has 2 atom stereocenters. The lowest BCUT2D eigenvalue weighted by atomic mass is 9.71. The smallest absolute Gasteiger partial charge is 0.246 e. The molecule has 4 rings (SSSR count). The first-order valence-electron chi connectivity index (χ1n) is 8.05. The van der Waals surface area contributed by atoms with Gasteiger partial charge in [0.25, 0.3) is 0 Å². The maximum atomic E-state index is 5.62. The standard InChI is InChI=1S/C15H23N5O/c1-2-8-20-14(16-17-18-20)19-11-15(6-9-21-10-7-15)12-4-3-5-13(12)19/h2,12-13H,1,3-11H2/t12-,13+/m1/s1. The van der Waals surface area contributed by atoms with E-state index in [-0.39, 0.29) is 0 Å². The average molecular weight is 289 g/mol. The van der Waals surface area contributed by atoms with E-state index >= 15 is 0 Å². The minimum absolute atomic E-state index is 0.421. The maximum Gasteiger partial charge on any atom is 0.246 e. The molecule has 21 heavy (non-hydrogen) atoms. The zero-order valence-electron chi connectivity index (χ0n) is 12.4. The fourth-order valence-electron chi connectivity index (χ4n) is 4.77. The Hall–Kier alpha value is -1.43. The molecular formula is C15H23N5O. The largest absolute Gasteiger partial charge is 0.381 e. The van der Waals surface area contributed by atoms with Crippen molar-refractivity contribution in [3.63, 3.8) is 0 Å². The third kappa shape index (κ3) is 1.99. The monoisotopic (exact) mass is 289 g/mol. The van der Waals surface area contributed by atoms with Crippen LogP contribution < -0.4 is 4.90 Å². The van der Waals surface area contributed by atoms with E-state index < -0.39 is 0 Å². The van der Waals surface area contributed by atoms with Gasteiger partial charge in [0.15, 0.2) is 0 Å². The van der Waals surface area contributed by atoms with Gasteiger partial charge >= 0.3 is 0 Å². The molecule has 0 aromatic carbocycles. The Morgan fingerprint density at radius 1 is 1.33 bits per heavy atom. The predicted octanol–water partition coefficient (Wildman–Crippen LogP) is 1.64. The molecule has 3 fully saturated rings. The second kappa shape index (κ2) is 5.09. The van der Waals surface area contributed by atoms with Gasteiger partial charge in [-0.2, -0.15) is 0 Å². The van der Waals surface area contributed by atoms with Gasteiger partial charge in [-0.05, 0) is 47.4 Å². The number of anilines is 1. The zero-order valence-corrected chi connectivity index (χ0v) is 12.4. The van der Waals surface area contributed by atoms with E-state index in [0.717, 1.165) is 31.6 Å². The van der Waals surface area contributed by atoms with Crippen LogP contribution in [0.1, 0.15) is 32.1 Å². The number of nitrogens with zero attached hydrogens (tertiary/aromatic N) is 5. The molecule has 1 aliphatic carbocycles. The first kappa shape index (κ1) is 13.2. The predicted molar refractivity (Wildman–Crippen MR) is 79.0 cm³/mol. The van der Waals surface area contributed by atoms with Crippen molar-refractivity contribution in [2.45, 2.75) is 44.7 Å². The van der Waals surface area contributed by atoms with Crippen LogP contribution in [0.5, 0.6) is 0 Å². The molecule has 1 aromatic rings. The molecule has 0 unspecified atom stereocenters. The number of allylic oxidation sites excluding steroid dienone is 1. The summed E-state index contributed by atoms with van der Waals surface area (Å²) in [5.41, 5.74) is 0.421. The van der Waals surface area contributed by atoms with Crippen LogP contribution >= 0.6 is 0 Å². The number of tetrazole rings is 1. The van der Waals surface area contributed by atoms with E-state index in [0.29, 0.717) is 18.0 Å². The van der Waals surface area contributed by atoms with Crippen LogP contribution in [0.3, 0.4) is 0 Å².